The third kappa shape index (κ3) is 2.57. The number of fused-ring (bicyclic) bond motifs is 5. The number of hydrogen-bond acceptors (Lipinski definition) is 3. The second-order valence-electron chi connectivity index (χ2n) is 6.83. The molecule has 2 heterocycles. The molecule has 1 aliphatic heterocycles. The molecule has 0 N–H and O–H groups in total. The fourth-order valence-corrected chi connectivity index (χ4v) is 4.07. The molecule has 0 fully saturated rings. The molecule has 0 unspecified atom stereocenters. The smallest absolute Gasteiger partial charge is 0.338 e. The van der Waals surface area contributed by atoms with Gasteiger partial charge in [0.15, 0.2) is 0 Å². The molecule has 0 spiro atoms. The van der Waals surface area contributed by atoms with Gasteiger partial charge >= 0.3 is 5.97 Å². The zero-order chi connectivity index (χ0) is 18.3. The molecule has 0 bridgehead atoms. The summed E-state index contributed by atoms with van der Waals surface area (Å²) in [6.45, 7) is 3.00. The molecule has 4 heteroatoms. The van der Waals surface area contributed by atoms with Crippen molar-refractivity contribution in [1.82, 2.24) is 4.57 Å². The monoisotopic (exact) mass is 349 g/mol. The Bertz CT molecular complexity index is 1000. The minimum absolute atomic E-state index is 0.281. The van der Waals surface area contributed by atoms with Crippen LogP contribution in [0.2, 0.25) is 0 Å². The number of rotatable bonds is 2. The molecule has 3 aromatic rings. The predicted octanol–water partition coefficient (Wildman–Crippen LogP) is 4.75. The van der Waals surface area contributed by atoms with Gasteiger partial charge in [0.25, 0.3) is 0 Å². The lowest BCUT2D eigenvalue weighted by molar-refractivity contribution is 0.0600. The van der Waals surface area contributed by atoms with E-state index in [1.807, 2.05) is 19.1 Å². The lowest BCUT2D eigenvalue weighted by atomic mass is 9.91. The summed E-state index contributed by atoms with van der Waals surface area (Å²) >= 11 is 0. The van der Waals surface area contributed by atoms with Crippen LogP contribution in [0.25, 0.3) is 22.2 Å². The summed E-state index contributed by atoms with van der Waals surface area (Å²) in [7, 11) is 3.12. The van der Waals surface area contributed by atoms with Crippen molar-refractivity contribution in [2.24, 2.45) is 0 Å². The van der Waals surface area contributed by atoms with Crippen LogP contribution < -0.4 is 4.74 Å². The van der Waals surface area contributed by atoms with E-state index in [-0.39, 0.29) is 5.97 Å². The van der Waals surface area contributed by atoms with Gasteiger partial charge < -0.3 is 14.0 Å². The van der Waals surface area contributed by atoms with Crippen molar-refractivity contribution in [1.29, 1.82) is 0 Å². The van der Waals surface area contributed by atoms with E-state index >= 15 is 0 Å². The maximum Gasteiger partial charge on any atom is 0.338 e. The molecule has 4 nitrogen and oxygen atoms in total. The maximum absolute atomic E-state index is 12.2. The molecule has 26 heavy (non-hydrogen) atoms. The molecule has 0 saturated carbocycles. The highest BCUT2D eigenvalue weighted by Crippen LogP contribution is 2.37. The Morgan fingerprint density at radius 2 is 1.92 bits per heavy atom. The number of aryl methyl sites for hydroxylation is 2. The van der Waals surface area contributed by atoms with Gasteiger partial charge in [0, 0.05) is 28.7 Å². The van der Waals surface area contributed by atoms with Gasteiger partial charge in [-0.15, -0.1) is 0 Å². The zero-order valence-electron chi connectivity index (χ0n) is 15.5. The largest absolute Gasteiger partial charge is 0.497 e. The topological polar surface area (TPSA) is 40.5 Å². The fourth-order valence-electron chi connectivity index (χ4n) is 4.07. The molecule has 1 aromatic heterocycles. The van der Waals surface area contributed by atoms with E-state index in [0.717, 1.165) is 42.5 Å². The molecular formula is C22H23NO3. The van der Waals surface area contributed by atoms with Gasteiger partial charge in [-0.1, -0.05) is 6.07 Å². The SMILES string of the molecule is COC(=O)c1ccc2c(c1C)-c1cc3cc(OC)ccc3n1CCCC2. The summed E-state index contributed by atoms with van der Waals surface area (Å²) in [4.78, 5) is 12.2. The van der Waals surface area contributed by atoms with E-state index in [1.54, 1.807) is 7.11 Å². The number of ether oxygens (including phenoxy) is 2. The third-order valence-corrected chi connectivity index (χ3v) is 5.40. The molecule has 0 aliphatic carbocycles. The molecular weight excluding hydrogens is 326 g/mol. The van der Waals surface area contributed by atoms with E-state index in [9.17, 15) is 4.79 Å². The Morgan fingerprint density at radius 3 is 2.69 bits per heavy atom. The van der Waals surface area contributed by atoms with Crippen LogP contribution in [0.1, 0.15) is 34.3 Å². The van der Waals surface area contributed by atoms with Gasteiger partial charge in [-0.2, -0.15) is 0 Å². The van der Waals surface area contributed by atoms with Crippen molar-refractivity contribution in [2.75, 3.05) is 14.2 Å². The second kappa shape index (κ2) is 6.52. The molecule has 2 aromatic carbocycles. The van der Waals surface area contributed by atoms with Crippen molar-refractivity contribution < 1.29 is 14.3 Å². The lowest BCUT2D eigenvalue weighted by Gasteiger charge is -2.21. The molecule has 0 amide bonds. The fraction of sp³-hybridized carbons (Fsp3) is 0.318. The third-order valence-electron chi connectivity index (χ3n) is 5.40. The summed E-state index contributed by atoms with van der Waals surface area (Å²) in [6, 6.07) is 12.4. The number of carbonyl (C=O) groups excluding carboxylic acids is 1. The summed E-state index contributed by atoms with van der Waals surface area (Å²) in [5.74, 6) is 0.577. The molecule has 0 saturated heterocycles. The van der Waals surface area contributed by atoms with Gasteiger partial charge in [-0.05, 0) is 67.6 Å². The van der Waals surface area contributed by atoms with Crippen LogP contribution >= 0.6 is 0 Å². The summed E-state index contributed by atoms with van der Waals surface area (Å²) < 4.78 is 12.7. The van der Waals surface area contributed by atoms with Gasteiger partial charge in [0.05, 0.1) is 19.8 Å². The summed E-state index contributed by atoms with van der Waals surface area (Å²) in [6.07, 6.45) is 3.31. The standard InChI is InChI=1S/C22H23NO3/c1-14-18(22(24)26-3)9-7-15-6-4-5-11-23-19-10-8-17(25-2)12-16(19)13-20(23)21(14)15/h7-10,12-13H,4-6,11H2,1-3H3. The molecule has 0 atom stereocenters. The Kier molecular flexibility index (Phi) is 4.19. The predicted molar refractivity (Wildman–Crippen MR) is 103 cm³/mol. The molecule has 4 rings (SSSR count). The first-order chi connectivity index (χ1) is 12.6. The van der Waals surface area contributed by atoms with E-state index in [2.05, 4.69) is 28.8 Å². The number of nitrogens with zero attached hydrogens (tertiary/aromatic N) is 1. The zero-order valence-corrected chi connectivity index (χ0v) is 15.5. The number of benzene rings is 2. The van der Waals surface area contributed by atoms with Crippen molar-refractivity contribution in [2.45, 2.75) is 32.7 Å². The normalized spacial score (nSPS) is 13.5. The maximum atomic E-state index is 12.2. The van der Waals surface area contributed by atoms with E-state index in [1.165, 1.54) is 29.4 Å². The minimum Gasteiger partial charge on any atom is -0.497 e. The van der Waals surface area contributed by atoms with Crippen LogP contribution in [-0.4, -0.2) is 24.8 Å². The number of methoxy groups -OCH3 is 2. The van der Waals surface area contributed by atoms with Crippen LogP contribution in [0.15, 0.2) is 36.4 Å². The first-order valence-electron chi connectivity index (χ1n) is 9.02. The number of esters is 1. The summed E-state index contributed by atoms with van der Waals surface area (Å²) in [5.41, 5.74) is 6.48. The quantitative estimate of drug-likeness (QED) is 0.627. The van der Waals surface area contributed by atoms with Gasteiger partial charge in [-0.3, -0.25) is 0 Å². The Balaban J connectivity index is 2.01. The van der Waals surface area contributed by atoms with Crippen molar-refractivity contribution in [3.05, 3.63) is 53.1 Å². The van der Waals surface area contributed by atoms with Crippen LogP contribution in [0.5, 0.6) is 5.75 Å². The highest BCUT2D eigenvalue weighted by atomic mass is 16.5. The average molecular weight is 349 g/mol. The minimum atomic E-state index is -0.281. The first kappa shape index (κ1) is 16.7. The van der Waals surface area contributed by atoms with E-state index in [0.29, 0.717) is 5.56 Å². The summed E-state index contributed by atoms with van der Waals surface area (Å²) in [5, 5.41) is 1.16. The van der Waals surface area contributed by atoms with Gasteiger partial charge in [0.2, 0.25) is 0 Å². The van der Waals surface area contributed by atoms with Crippen molar-refractivity contribution in [3.8, 4) is 17.0 Å². The van der Waals surface area contributed by atoms with E-state index < -0.39 is 0 Å². The van der Waals surface area contributed by atoms with Crippen LogP contribution in [0.3, 0.4) is 0 Å². The van der Waals surface area contributed by atoms with Crippen molar-refractivity contribution in [3.63, 3.8) is 0 Å². The number of carbonyl (C=O) groups is 1. The van der Waals surface area contributed by atoms with Crippen LogP contribution in [0, 0.1) is 6.92 Å². The molecule has 1 aliphatic rings. The number of aromatic nitrogens is 1. The second-order valence-corrected chi connectivity index (χ2v) is 6.83. The van der Waals surface area contributed by atoms with Crippen LogP contribution in [-0.2, 0) is 17.7 Å². The number of hydrogen-bond donors (Lipinski definition) is 0. The van der Waals surface area contributed by atoms with E-state index in [4.69, 9.17) is 9.47 Å². The first-order valence-corrected chi connectivity index (χ1v) is 9.02. The average Bonchev–Trinajstić information content (AvgIpc) is 2.99. The molecule has 0 radical (unpaired) electrons. The molecule has 134 valence electrons. The highest BCUT2D eigenvalue weighted by molar-refractivity contribution is 5.95. The Hall–Kier alpha value is -2.75. The Morgan fingerprint density at radius 1 is 1.08 bits per heavy atom. The van der Waals surface area contributed by atoms with Crippen molar-refractivity contribution >= 4 is 16.9 Å². The Labute approximate surface area is 153 Å². The van der Waals surface area contributed by atoms with Gasteiger partial charge in [0.1, 0.15) is 5.75 Å². The van der Waals surface area contributed by atoms with Crippen LogP contribution in [0.4, 0.5) is 0 Å². The lowest BCUT2D eigenvalue weighted by Crippen LogP contribution is -2.11. The highest BCUT2D eigenvalue weighted by Gasteiger charge is 2.22. The van der Waals surface area contributed by atoms with Gasteiger partial charge in [-0.25, -0.2) is 4.79 Å².